The Labute approximate surface area is 198 Å². The van der Waals surface area contributed by atoms with Crippen LogP contribution in [0.25, 0.3) is 11.4 Å². The van der Waals surface area contributed by atoms with E-state index in [4.69, 9.17) is 14.8 Å². The van der Waals surface area contributed by atoms with Gasteiger partial charge in [-0.15, -0.1) is 5.10 Å². The van der Waals surface area contributed by atoms with Crippen molar-refractivity contribution in [3.8, 4) is 17.1 Å². The summed E-state index contributed by atoms with van der Waals surface area (Å²) in [6.07, 6.45) is 0. The van der Waals surface area contributed by atoms with Crippen molar-refractivity contribution in [2.24, 2.45) is 0 Å². The fourth-order valence-electron chi connectivity index (χ4n) is 4.20. The number of rotatable bonds is 5. The van der Waals surface area contributed by atoms with Gasteiger partial charge in [0.2, 0.25) is 5.95 Å². The number of fused-ring (bicyclic) bond motifs is 1. The quantitative estimate of drug-likeness (QED) is 0.436. The molecule has 0 spiro atoms. The van der Waals surface area contributed by atoms with Crippen LogP contribution in [0.1, 0.15) is 24.1 Å². The fraction of sp³-hybridized carbons (Fsp3) is 0.148. The van der Waals surface area contributed by atoms with Crippen molar-refractivity contribution < 1.29 is 9.53 Å². The molecule has 0 bridgehead atoms. The molecule has 0 aliphatic carbocycles. The Morgan fingerprint density at radius 3 is 2.38 bits per heavy atom. The molecule has 170 valence electrons. The number of hydrogen-bond donors (Lipinski definition) is 2. The molecule has 1 aromatic heterocycles. The van der Waals surface area contributed by atoms with Crippen molar-refractivity contribution in [2.75, 3.05) is 17.7 Å². The van der Waals surface area contributed by atoms with Gasteiger partial charge >= 0.3 is 0 Å². The zero-order valence-corrected chi connectivity index (χ0v) is 19.2. The standard InChI is InChI=1S/C27H25N5O2/c1-17-9-7-8-12-22(17)25-30-27-28-18(2)23(26(33)29-20-10-5-4-6-11-20)24(32(27)31-25)19-13-15-21(34-3)16-14-19/h4-16,24H,1-3H3,(H,29,33)(H,28,30,31). The summed E-state index contributed by atoms with van der Waals surface area (Å²) in [6.45, 7) is 3.92. The number of carbonyl (C=O) groups excluding carboxylic acids is 1. The molecule has 1 unspecified atom stereocenters. The van der Waals surface area contributed by atoms with Crippen LogP contribution in [-0.2, 0) is 4.79 Å². The zero-order chi connectivity index (χ0) is 23.7. The number of para-hydroxylation sites is 1. The number of ether oxygens (including phenoxy) is 1. The van der Waals surface area contributed by atoms with Gasteiger partial charge in [-0.2, -0.15) is 4.98 Å². The maximum atomic E-state index is 13.5. The topological polar surface area (TPSA) is 81.1 Å². The van der Waals surface area contributed by atoms with E-state index in [-0.39, 0.29) is 5.91 Å². The Bertz CT molecular complexity index is 1370. The Morgan fingerprint density at radius 2 is 1.68 bits per heavy atom. The van der Waals surface area contributed by atoms with Gasteiger partial charge in [-0.1, -0.05) is 54.6 Å². The minimum atomic E-state index is -0.462. The highest BCUT2D eigenvalue weighted by atomic mass is 16.5. The lowest BCUT2D eigenvalue weighted by Gasteiger charge is -2.28. The lowest BCUT2D eigenvalue weighted by atomic mass is 9.95. The van der Waals surface area contributed by atoms with Crippen LogP contribution in [0.15, 0.2) is 90.1 Å². The molecule has 4 aromatic rings. The van der Waals surface area contributed by atoms with Crippen molar-refractivity contribution in [1.82, 2.24) is 14.8 Å². The number of aryl methyl sites for hydroxylation is 1. The Morgan fingerprint density at radius 1 is 0.971 bits per heavy atom. The van der Waals surface area contributed by atoms with Crippen molar-refractivity contribution in [1.29, 1.82) is 0 Å². The largest absolute Gasteiger partial charge is 0.497 e. The number of benzene rings is 3. The van der Waals surface area contributed by atoms with Gasteiger partial charge in [0.15, 0.2) is 5.82 Å². The van der Waals surface area contributed by atoms with Gasteiger partial charge in [-0.25, -0.2) is 4.68 Å². The minimum absolute atomic E-state index is 0.199. The summed E-state index contributed by atoms with van der Waals surface area (Å²) >= 11 is 0. The Balaban J connectivity index is 1.61. The molecular weight excluding hydrogens is 426 g/mol. The molecule has 0 radical (unpaired) electrons. The highest BCUT2D eigenvalue weighted by Gasteiger charge is 2.34. The fourth-order valence-corrected chi connectivity index (χ4v) is 4.20. The molecule has 2 heterocycles. The normalized spacial score (nSPS) is 14.9. The van der Waals surface area contributed by atoms with Gasteiger partial charge < -0.3 is 15.4 Å². The third-order valence-corrected chi connectivity index (χ3v) is 5.95. The van der Waals surface area contributed by atoms with E-state index in [0.717, 1.165) is 33.8 Å². The summed E-state index contributed by atoms with van der Waals surface area (Å²) in [7, 11) is 1.63. The summed E-state index contributed by atoms with van der Waals surface area (Å²) in [5.74, 6) is 1.74. The summed E-state index contributed by atoms with van der Waals surface area (Å²) in [5.41, 5.74) is 4.97. The first-order valence-corrected chi connectivity index (χ1v) is 11.1. The highest BCUT2D eigenvalue weighted by Crippen LogP contribution is 2.37. The molecule has 7 nitrogen and oxygen atoms in total. The van der Waals surface area contributed by atoms with Crippen LogP contribution in [0.2, 0.25) is 0 Å². The average Bonchev–Trinajstić information content (AvgIpc) is 3.27. The SMILES string of the molecule is COc1ccc(C2C(C(=O)Nc3ccccc3)=C(C)Nc3nc(-c4ccccc4C)nn32)cc1. The van der Waals surface area contributed by atoms with Crippen LogP contribution in [0, 0.1) is 6.92 Å². The average molecular weight is 452 g/mol. The Kier molecular flexibility index (Phi) is 5.59. The molecule has 1 atom stereocenters. The van der Waals surface area contributed by atoms with Gasteiger partial charge in [0, 0.05) is 16.9 Å². The summed E-state index contributed by atoms with van der Waals surface area (Å²) in [5, 5.41) is 11.2. The van der Waals surface area contributed by atoms with Crippen LogP contribution in [-0.4, -0.2) is 27.8 Å². The summed E-state index contributed by atoms with van der Waals surface area (Å²) in [4.78, 5) is 18.3. The maximum Gasteiger partial charge on any atom is 0.255 e. The van der Waals surface area contributed by atoms with E-state index in [1.165, 1.54) is 0 Å². The van der Waals surface area contributed by atoms with Crippen molar-refractivity contribution in [2.45, 2.75) is 19.9 Å². The molecule has 7 heteroatoms. The first-order chi connectivity index (χ1) is 16.5. The number of allylic oxidation sites excluding steroid dienone is 1. The van der Waals surface area contributed by atoms with Crippen LogP contribution in [0.5, 0.6) is 5.75 Å². The number of nitrogens with one attached hydrogen (secondary N) is 2. The van der Waals surface area contributed by atoms with E-state index in [0.29, 0.717) is 17.3 Å². The minimum Gasteiger partial charge on any atom is -0.497 e. The number of hydrogen-bond acceptors (Lipinski definition) is 5. The van der Waals surface area contributed by atoms with Crippen molar-refractivity contribution in [3.63, 3.8) is 0 Å². The molecule has 0 saturated heterocycles. The molecule has 1 amide bonds. The van der Waals surface area contributed by atoms with Crippen LogP contribution >= 0.6 is 0 Å². The van der Waals surface area contributed by atoms with Crippen molar-refractivity contribution >= 4 is 17.5 Å². The molecule has 1 aliphatic rings. The van der Waals surface area contributed by atoms with Gasteiger partial charge in [-0.05, 0) is 49.2 Å². The molecule has 0 fully saturated rings. The summed E-state index contributed by atoms with van der Waals surface area (Å²) < 4.78 is 7.13. The molecular formula is C27H25N5O2. The number of anilines is 2. The van der Waals surface area contributed by atoms with Gasteiger partial charge in [0.1, 0.15) is 11.8 Å². The molecule has 3 aromatic carbocycles. The lowest BCUT2D eigenvalue weighted by molar-refractivity contribution is -0.113. The second kappa shape index (κ2) is 8.86. The second-order valence-electron chi connectivity index (χ2n) is 8.18. The van der Waals surface area contributed by atoms with E-state index in [1.54, 1.807) is 11.8 Å². The van der Waals surface area contributed by atoms with E-state index >= 15 is 0 Å². The molecule has 34 heavy (non-hydrogen) atoms. The van der Waals surface area contributed by atoms with Gasteiger partial charge in [-0.3, -0.25) is 4.79 Å². The third-order valence-electron chi connectivity index (χ3n) is 5.95. The van der Waals surface area contributed by atoms with E-state index in [2.05, 4.69) is 10.6 Å². The smallest absolute Gasteiger partial charge is 0.255 e. The van der Waals surface area contributed by atoms with Gasteiger partial charge in [0.05, 0.1) is 12.7 Å². The maximum absolute atomic E-state index is 13.5. The summed E-state index contributed by atoms with van der Waals surface area (Å²) in [6, 6.07) is 24.6. The van der Waals surface area contributed by atoms with E-state index in [1.807, 2.05) is 92.7 Å². The lowest BCUT2D eigenvalue weighted by Crippen LogP contribution is -2.31. The number of aromatic nitrogens is 3. The van der Waals surface area contributed by atoms with Gasteiger partial charge in [0.25, 0.3) is 5.91 Å². The number of methoxy groups -OCH3 is 1. The molecule has 2 N–H and O–H groups in total. The van der Waals surface area contributed by atoms with E-state index < -0.39 is 6.04 Å². The predicted molar refractivity (Wildman–Crippen MR) is 133 cm³/mol. The van der Waals surface area contributed by atoms with E-state index in [9.17, 15) is 4.79 Å². The molecule has 1 aliphatic heterocycles. The highest BCUT2D eigenvalue weighted by molar-refractivity contribution is 6.06. The molecule has 0 saturated carbocycles. The second-order valence-corrected chi connectivity index (χ2v) is 8.18. The number of nitrogens with zero attached hydrogens (tertiary/aromatic N) is 3. The van der Waals surface area contributed by atoms with Crippen LogP contribution < -0.4 is 15.4 Å². The monoisotopic (exact) mass is 451 g/mol. The first kappa shape index (κ1) is 21.5. The third kappa shape index (κ3) is 3.92. The van der Waals surface area contributed by atoms with Crippen molar-refractivity contribution in [3.05, 3.63) is 101 Å². The zero-order valence-electron chi connectivity index (χ0n) is 19.2. The molecule has 5 rings (SSSR count). The number of carbonyl (C=O) groups is 1. The predicted octanol–water partition coefficient (Wildman–Crippen LogP) is 5.19. The first-order valence-electron chi connectivity index (χ1n) is 11.1. The van der Waals surface area contributed by atoms with Crippen LogP contribution in [0.3, 0.4) is 0 Å². The Hall–Kier alpha value is -4.39. The van der Waals surface area contributed by atoms with Crippen LogP contribution in [0.4, 0.5) is 11.6 Å². The number of amides is 1.